The van der Waals surface area contributed by atoms with Crippen LogP contribution in [0.5, 0.6) is 0 Å². The molecule has 0 spiro atoms. The lowest BCUT2D eigenvalue weighted by Crippen LogP contribution is -2.09. The van der Waals surface area contributed by atoms with E-state index < -0.39 is 12.6 Å². The summed E-state index contributed by atoms with van der Waals surface area (Å²) in [5.41, 5.74) is 1.06. The first kappa shape index (κ1) is 11.4. The molecule has 0 atom stereocenters. The number of rotatable bonds is 2. The van der Waals surface area contributed by atoms with Gasteiger partial charge in [-0.1, -0.05) is 0 Å². The van der Waals surface area contributed by atoms with Gasteiger partial charge >= 0.3 is 6.18 Å². The third-order valence-corrected chi connectivity index (χ3v) is 2.43. The molecule has 0 aliphatic rings. The number of hydrogen-bond donors (Lipinski definition) is 1. The van der Waals surface area contributed by atoms with Crippen LogP contribution in [0.15, 0.2) is 16.7 Å². The maximum Gasteiger partial charge on any atom is 0.389 e. The molecule has 2 rings (SSSR count). The van der Waals surface area contributed by atoms with Crippen LogP contribution in [0.1, 0.15) is 12.2 Å². The molecule has 0 saturated carbocycles. The highest BCUT2D eigenvalue weighted by Gasteiger charge is 2.27. The minimum atomic E-state index is -4.16. The van der Waals surface area contributed by atoms with Crippen molar-refractivity contribution in [1.82, 2.24) is 15.0 Å². The van der Waals surface area contributed by atoms with Crippen molar-refractivity contribution in [2.75, 3.05) is 0 Å². The number of pyridine rings is 1. The summed E-state index contributed by atoms with van der Waals surface area (Å²) >= 11 is 3.22. The van der Waals surface area contributed by atoms with Crippen LogP contribution in [-0.2, 0) is 6.42 Å². The Morgan fingerprint density at radius 2 is 2.12 bits per heavy atom. The molecular formula is C9H7BrF3N3. The van der Waals surface area contributed by atoms with Gasteiger partial charge in [-0.3, -0.25) is 0 Å². The van der Waals surface area contributed by atoms with E-state index in [4.69, 9.17) is 0 Å². The van der Waals surface area contributed by atoms with Gasteiger partial charge in [0.05, 0.1) is 11.9 Å². The lowest BCUT2D eigenvalue weighted by molar-refractivity contribution is -0.134. The third kappa shape index (κ3) is 2.72. The molecule has 0 aliphatic heterocycles. The van der Waals surface area contributed by atoms with E-state index in [1.54, 1.807) is 12.3 Å². The summed E-state index contributed by atoms with van der Waals surface area (Å²) in [4.78, 5) is 10.8. The molecule has 1 N–H and O–H groups in total. The summed E-state index contributed by atoms with van der Waals surface area (Å²) in [6, 6.07) is 1.73. The standard InChI is InChI=1S/C9H7BrF3N3/c10-5-3-6-8(14-4-5)16-7(15-6)1-2-9(11,12)13/h3-4H,1-2H2,(H,14,15,16). The molecule has 0 aliphatic carbocycles. The fourth-order valence-electron chi connectivity index (χ4n) is 1.30. The van der Waals surface area contributed by atoms with Crippen LogP contribution in [0.2, 0.25) is 0 Å². The first-order valence-electron chi connectivity index (χ1n) is 4.51. The average Bonchev–Trinajstić information content (AvgIpc) is 2.55. The molecule has 0 amide bonds. The average molecular weight is 294 g/mol. The van der Waals surface area contributed by atoms with E-state index in [1.165, 1.54) is 0 Å². The van der Waals surface area contributed by atoms with Gasteiger partial charge in [-0.05, 0) is 22.0 Å². The van der Waals surface area contributed by atoms with E-state index in [0.717, 1.165) is 4.47 Å². The Hall–Kier alpha value is -1.11. The number of H-pyrrole nitrogens is 1. The first-order valence-corrected chi connectivity index (χ1v) is 5.30. The second kappa shape index (κ2) is 4.04. The number of fused-ring (bicyclic) bond motifs is 1. The molecule has 86 valence electrons. The summed E-state index contributed by atoms with van der Waals surface area (Å²) in [6.45, 7) is 0. The Kier molecular flexibility index (Phi) is 2.88. The maximum absolute atomic E-state index is 12.0. The smallest absolute Gasteiger partial charge is 0.341 e. The van der Waals surface area contributed by atoms with Crippen molar-refractivity contribution in [2.24, 2.45) is 0 Å². The van der Waals surface area contributed by atoms with Gasteiger partial charge in [0.2, 0.25) is 0 Å². The van der Waals surface area contributed by atoms with Crippen molar-refractivity contribution >= 4 is 27.1 Å². The van der Waals surface area contributed by atoms with E-state index in [0.29, 0.717) is 17.0 Å². The fourth-order valence-corrected chi connectivity index (χ4v) is 1.63. The molecule has 2 aromatic heterocycles. The molecule has 0 unspecified atom stereocenters. The zero-order chi connectivity index (χ0) is 11.8. The van der Waals surface area contributed by atoms with Gasteiger partial charge in [0, 0.05) is 17.1 Å². The monoisotopic (exact) mass is 293 g/mol. The zero-order valence-electron chi connectivity index (χ0n) is 7.98. The van der Waals surface area contributed by atoms with Crippen LogP contribution in [0.4, 0.5) is 13.2 Å². The Labute approximate surface area is 97.2 Å². The number of nitrogens with one attached hydrogen (secondary N) is 1. The molecule has 7 heteroatoms. The minimum absolute atomic E-state index is 0.155. The van der Waals surface area contributed by atoms with Crippen LogP contribution in [0.25, 0.3) is 11.2 Å². The molecule has 2 aromatic rings. The normalized spacial score (nSPS) is 12.2. The zero-order valence-corrected chi connectivity index (χ0v) is 9.56. The number of imidazole rings is 1. The molecule has 0 bridgehead atoms. The number of nitrogens with zero attached hydrogens (tertiary/aromatic N) is 2. The molecule has 0 fully saturated rings. The van der Waals surface area contributed by atoms with Crippen molar-refractivity contribution in [3.05, 3.63) is 22.6 Å². The Balaban J connectivity index is 2.20. The second-order valence-electron chi connectivity index (χ2n) is 3.32. The Bertz CT molecular complexity index is 506. The largest absolute Gasteiger partial charge is 0.389 e. The summed E-state index contributed by atoms with van der Waals surface area (Å²) in [5.74, 6) is 0.304. The summed E-state index contributed by atoms with van der Waals surface area (Å²) < 4.78 is 36.7. The number of halogens is 4. The van der Waals surface area contributed by atoms with E-state index in [-0.39, 0.29) is 6.42 Å². The molecule has 2 heterocycles. The van der Waals surface area contributed by atoms with Gasteiger partial charge in [0.15, 0.2) is 5.65 Å². The van der Waals surface area contributed by atoms with Crippen molar-refractivity contribution in [2.45, 2.75) is 19.0 Å². The van der Waals surface area contributed by atoms with E-state index >= 15 is 0 Å². The van der Waals surface area contributed by atoms with Crippen molar-refractivity contribution in [3.63, 3.8) is 0 Å². The van der Waals surface area contributed by atoms with E-state index in [2.05, 4.69) is 30.9 Å². The third-order valence-electron chi connectivity index (χ3n) is 2.00. The number of hydrogen-bond acceptors (Lipinski definition) is 2. The molecule has 0 saturated heterocycles. The molecule has 0 aromatic carbocycles. The Morgan fingerprint density at radius 3 is 2.81 bits per heavy atom. The highest BCUT2D eigenvalue weighted by Crippen LogP contribution is 2.22. The predicted molar refractivity (Wildman–Crippen MR) is 56.0 cm³/mol. The highest BCUT2D eigenvalue weighted by atomic mass is 79.9. The van der Waals surface area contributed by atoms with Gasteiger partial charge in [0.25, 0.3) is 0 Å². The molecule has 0 radical (unpaired) electrons. The van der Waals surface area contributed by atoms with Crippen molar-refractivity contribution in [3.8, 4) is 0 Å². The van der Waals surface area contributed by atoms with Gasteiger partial charge in [0.1, 0.15) is 5.82 Å². The number of aromatic amines is 1. The van der Waals surface area contributed by atoms with Gasteiger partial charge < -0.3 is 4.98 Å². The predicted octanol–water partition coefficient (Wildman–Crippen LogP) is 3.22. The number of aromatic nitrogens is 3. The summed E-state index contributed by atoms with van der Waals surface area (Å²) in [5, 5.41) is 0. The fraction of sp³-hybridized carbons (Fsp3) is 0.333. The highest BCUT2D eigenvalue weighted by molar-refractivity contribution is 9.10. The van der Waals surface area contributed by atoms with Crippen LogP contribution in [0, 0.1) is 0 Å². The quantitative estimate of drug-likeness (QED) is 0.924. The second-order valence-corrected chi connectivity index (χ2v) is 4.24. The lowest BCUT2D eigenvalue weighted by atomic mass is 10.3. The van der Waals surface area contributed by atoms with E-state index in [9.17, 15) is 13.2 Å². The van der Waals surface area contributed by atoms with Crippen LogP contribution in [-0.4, -0.2) is 21.1 Å². The molecule has 16 heavy (non-hydrogen) atoms. The number of alkyl halides is 3. The van der Waals surface area contributed by atoms with Gasteiger partial charge in [-0.2, -0.15) is 13.2 Å². The molecular weight excluding hydrogens is 287 g/mol. The van der Waals surface area contributed by atoms with Crippen molar-refractivity contribution < 1.29 is 13.2 Å². The summed E-state index contributed by atoms with van der Waals surface area (Å²) in [6.07, 6.45) is -3.64. The minimum Gasteiger partial charge on any atom is -0.341 e. The number of aryl methyl sites for hydroxylation is 1. The van der Waals surface area contributed by atoms with E-state index in [1.807, 2.05) is 0 Å². The van der Waals surface area contributed by atoms with Gasteiger partial charge in [-0.15, -0.1) is 0 Å². The SMILES string of the molecule is FC(F)(F)CCc1nc2ncc(Br)cc2[nH]1. The van der Waals surface area contributed by atoms with Crippen LogP contribution in [0.3, 0.4) is 0 Å². The van der Waals surface area contributed by atoms with Gasteiger partial charge in [-0.25, -0.2) is 9.97 Å². The topological polar surface area (TPSA) is 41.6 Å². The maximum atomic E-state index is 12.0. The lowest BCUT2D eigenvalue weighted by Gasteiger charge is -2.02. The molecule has 3 nitrogen and oxygen atoms in total. The van der Waals surface area contributed by atoms with Crippen molar-refractivity contribution in [1.29, 1.82) is 0 Å². The van der Waals surface area contributed by atoms with Crippen LogP contribution >= 0.6 is 15.9 Å². The first-order chi connectivity index (χ1) is 7.44. The Morgan fingerprint density at radius 1 is 1.38 bits per heavy atom. The summed E-state index contributed by atoms with van der Waals surface area (Å²) in [7, 11) is 0. The van der Waals surface area contributed by atoms with Crippen LogP contribution < -0.4 is 0 Å².